The number of nitrogens with one attached hydrogen (secondary N) is 1. The number of H-pyrrole nitrogens is 1. The van der Waals surface area contributed by atoms with Crippen molar-refractivity contribution in [1.82, 2.24) is 9.88 Å². The molecule has 6 nitrogen and oxygen atoms in total. The largest absolute Gasteiger partial charge is 0.481 e. The van der Waals surface area contributed by atoms with E-state index in [1.54, 1.807) is 0 Å². The highest BCUT2D eigenvalue weighted by Crippen LogP contribution is 2.33. The molecule has 2 fully saturated rings. The average Bonchev–Trinajstić information content (AvgIpc) is 3.32. The Balaban J connectivity index is 1.44. The van der Waals surface area contributed by atoms with Gasteiger partial charge >= 0.3 is 5.97 Å². The van der Waals surface area contributed by atoms with Gasteiger partial charge in [0.2, 0.25) is 0 Å². The number of carboxylic acids is 1. The summed E-state index contributed by atoms with van der Waals surface area (Å²) < 4.78 is 5.72. The molecule has 0 spiro atoms. The van der Waals surface area contributed by atoms with Crippen molar-refractivity contribution in [2.45, 2.75) is 39.2 Å². The summed E-state index contributed by atoms with van der Waals surface area (Å²) in [5.41, 5.74) is 4.02. The number of fused-ring (bicyclic) bond motifs is 1. The molecule has 2 N–H and O–H groups in total. The fourth-order valence-electron chi connectivity index (χ4n) is 4.51. The molecule has 2 aliphatic rings. The highest BCUT2D eigenvalue weighted by molar-refractivity contribution is 5.99. The summed E-state index contributed by atoms with van der Waals surface area (Å²) in [7, 11) is 0. The predicted octanol–water partition coefficient (Wildman–Crippen LogP) is 3.13. The molecule has 144 valence electrons. The second kappa shape index (κ2) is 7.00. The fraction of sp³-hybridized carbons (Fsp3) is 0.524. The number of rotatable bonds is 3. The molecule has 2 aromatic rings. The van der Waals surface area contributed by atoms with Crippen molar-refractivity contribution in [3.63, 3.8) is 0 Å². The lowest BCUT2D eigenvalue weighted by Crippen LogP contribution is -2.43. The monoisotopic (exact) mass is 370 g/mol. The standard InChI is InChI=1S/C21H26N2O4/c1-12-3-4-17-16(13(12)2)11-18(22-17)20(24)23-8-5-14(6-9-23)19-15(21(25)26)7-10-27-19/h3-4,11,14-15,19,22H,5-10H2,1-2H3,(H,25,26)/t15?,19-/m0/s1. The van der Waals surface area contributed by atoms with Crippen molar-refractivity contribution in [3.05, 3.63) is 35.0 Å². The van der Waals surface area contributed by atoms with Gasteiger partial charge in [-0.15, -0.1) is 0 Å². The molecule has 0 bridgehead atoms. The number of amides is 1. The Morgan fingerprint density at radius 2 is 1.93 bits per heavy atom. The lowest BCUT2D eigenvalue weighted by atomic mass is 9.84. The van der Waals surface area contributed by atoms with Crippen LogP contribution in [0.5, 0.6) is 0 Å². The Morgan fingerprint density at radius 3 is 2.63 bits per heavy atom. The Morgan fingerprint density at radius 1 is 1.19 bits per heavy atom. The lowest BCUT2D eigenvalue weighted by Gasteiger charge is -2.35. The van der Waals surface area contributed by atoms with E-state index >= 15 is 0 Å². The molecule has 0 aliphatic carbocycles. The molecule has 2 saturated heterocycles. The molecule has 1 amide bonds. The first-order chi connectivity index (χ1) is 13.0. The molecular formula is C21H26N2O4. The second-order valence-corrected chi connectivity index (χ2v) is 7.85. The number of aliphatic carboxylic acids is 1. The van der Waals surface area contributed by atoms with Crippen LogP contribution in [0.2, 0.25) is 0 Å². The van der Waals surface area contributed by atoms with Gasteiger partial charge in [-0.05, 0) is 62.3 Å². The first-order valence-electron chi connectivity index (χ1n) is 9.68. The molecule has 2 atom stereocenters. The van der Waals surface area contributed by atoms with E-state index in [0.29, 0.717) is 31.8 Å². The lowest BCUT2D eigenvalue weighted by molar-refractivity contribution is -0.145. The van der Waals surface area contributed by atoms with E-state index in [4.69, 9.17) is 4.74 Å². The topological polar surface area (TPSA) is 82.6 Å². The SMILES string of the molecule is Cc1ccc2[nH]c(C(=O)N3CCC([C@@H]4OCCC4C(=O)O)CC3)cc2c1C. The Kier molecular flexibility index (Phi) is 4.68. The summed E-state index contributed by atoms with van der Waals surface area (Å²) in [5.74, 6) is -0.939. The Bertz CT molecular complexity index is 880. The number of hydrogen-bond acceptors (Lipinski definition) is 3. The van der Waals surface area contributed by atoms with Crippen molar-refractivity contribution in [3.8, 4) is 0 Å². The summed E-state index contributed by atoms with van der Waals surface area (Å²) >= 11 is 0. The first-order valence-corrected chi connectivity index (χ1v) is 9.68. The van der Waals surface area contributed by atoms with Crippen LogP contribution in [0.15, 0.2) is 18.2 Å². The van der Waals surface area contributed by atoms with Crippen molar-refractivity contribution >= 4 is 22.8 Å². The van der Waals surface area contributed by atoms with Crippen LogP contribution in [0.4, 0.5) is 0 Å². The van der Waals surface area contributed by atoms with Crippen LogP contribution in [0, 0.1) is 25.7 Å². The van der Waals surface area contributed by atoms with Gasteiger partial charge in [0.15, 0.2) is 0 Å². The predicted molar refractivity (Wildman–Crippen MR) is 102 cm³/mol. The van der Waals surface area contributed by atoms with Crippen LogP contribution < -0.4 is 0 Å². The van der Waals surface area contributed by atoms with Crippen LogP contribution in [-0.2, 0) is 9.53 Å². The van der Waals surface area contributed by atoms with Crippen molar-refractivity contribution in [1.29, 1.82) is 0 Å². The Labute approximate surface area is 158 Å². The van der Waals surface area contributed by atoms with Crippen molar-refractivity contribution in [2.24, 2.45) is 11.8 Å². The number of piperidine rings is 1. The normalized spacial score (nSPS) is 23.9. The van der Waals surface area contributed by atoms with Crippen LogP contribution in [0.1, 0.15) is 40.9 Å². The number of aromatic amines is 1. The highest BCUT2D eigenvalue weighted by atomic mass is 16.5. The summed E-state index contributed by atoms with van der Waals surface area (Å²) in [4.78, 5) is 29.5. The molecule has 4 rings (SSSR count). The van der Waals surface area contributed by atoms with Gasteiger partial charge in [0.05, 0.1) is 12.0 Å². The van der Waals surface area contributed by atoms with Gasteiger partial charge in [-0.25, -0.2) is 0 Å². The van der Waals surface area contributed by atoms with Gasteiger partial charge in [-0.3, -0.25) is 9.59 Å². The maximum Gasteiger partial charge on any atom is 0.309 e. The molecule has 27 heavy (non-hydrogen) atoms. The molecule has 1 unspecified atom stereocenters. The van der Waals surface area contributed by atoms with E-state index in [0.717, 1.165) is 23.7 Å². The summed E-state index contributed by atoms with van der Waals surface area (Å²) in [6.07, 6.45) is 1.96. The Hall–Kier alpha value is -2.34. The summed E-state index contributed by atoms with van der Waals surface area (Å²) in [6.45, 7) is 5.95. The summed E-state index contributed by atoms with van der Waals surface area (Å²) in [5, 5.41) is 10.5. The molecule has 1 aromatic carbocycles. The number of benzene rings is 1. The first kappa shape index (κ1) is 18.0. The van der Waals surface area contributed by atoms with Gasteiger partial charge in [0.1, 0.15) is 5.69 Å². The minimum atomic E-state index is -0.764. The van der Waals surface area contributed by atoms with Gasteiger partial charge in [0.25, 0.3) is 5.91 Å². The molecule has 2 aliphatic heterocycles. The minimum Gasteiger partial charge on any atom is -0.481 e. The van der Waals surface area contributed by atoms with Gasteiger partial charge < -0.3 is 19.7 Å². The number of carbonyl (C=O) groups excluding carboxylic acids is 1. The molecule has 0 radical (unpaired) electrons. The zero-order chi connectivity index (χ0) is 19.1. The third-order valence-corrected chi connectivity index (χ3v) is 6.32. The highest BCUT2D eigenvalue weighted by Gasteiger charge is 2.40. The zero-order valence-corrected chi connectivity index (χ0v) is 15.8. The number of likely N-dealkylation sites (tertiary alicyclic amines) is 1. The number of aryl methyl sites for hydroxylation is 2. The van der Waals surface area contributed by atoms with E-state index < -0.39 is 11.9 Å². The number of ether oxygens (including phenoxy) is 1. The van der Waals surface area contributed by atoms with E-state index in [9.17, 15) is 14.7 Å². The van der Waals surface area contributed by atoms with Crippen molar-refractivity contribution in [2.75, 3.05) is 19.7 Å². The van der Waals surface area contributed by atoms with E-state index in [1.165, 1.54) is 11.1 Å². The van der Waals surface area contributed by atoms with Crippen LogP contribution in [0.3, 0.4) is 0 Å². The van der Waals surface area contributed by atoms with Gasteiger partial charge in [-0.2, -0.15) is 0 Å². The third kappa shape index (κ3) is 3.23. The molecule has 3 heterocycles. The number of carboxylic acid groups (broad SMARTS) is 1. The number of aromatic nitrogens is 1. The number of carbonyl (C=O) groups is 2. The van der Waals surface area contributed by atoms with Gasteiger partial charge in [0, 0.05) is 30.6 Å². The van der Waals surface area contributed by atoms with E-state index in [1.807, 2.05) is 17.0 Å². The van der Waals surface area contributed by atoms with E-state index in [-0.39, 0.29) is 17.9 Å². The molecule has 0 saturated carbocycles. The average molecular weight is 370 g/mol. The third-order valence-electron chi connectivity index (χ3n) is 6.32. The van der Waals surface area contributed by atoms with E-state index in [2.05, 4.69) is 24.9 Å². The second-order valence-electron chi connectivity index (χ2n) is 7.85. The smallest absolute Gasteiger partial charge is 0.309 e. The van der Waals surface area contributed by atoms with Crippen molar-refractivity contribution < 1.29 is 19.4 Å². The fourth-order valence-corrected chi connectivity index (χ4v) is 4.51. The maximum absolute atomic E-state index is 12.9. The zero-order valence-electron chi connectivity index (χ0n) is 15.8. The molecule has 1 aromatic heterocycles. The number of hydrogen-bond donors (Lipinski definition) is 2. The van der Waals surface area contributed by atoms with Gasteiger partial charge in [-0.1, -0.05) is 6.07 Å². The molecule has 6 heteroatoms. The maximum atomic E-state index is 12.9. The minimum absolute atomic E-state index is 0.0174. The molecular weight excluding hydrogens is 344 g/mol. The quantitative estimate of drug-likeness (QED) is 0.870. The van der Waals surface area contributed by atoms with Crippen LogP contribution >= 0.6 is 0 Å². The number of nitrogens with zero attached hydrogens (tertiary/aromatic N) is 1. The summed E-state index contributed by atoms with van der Waals surface area (Å²) in [6, 6.07) is 6.03. The van der Waals surface area contributed by atoms with Crippen LogP contribution in [0.25, 0.3) is 10.9 Å². The van der Waals surface area contributed by atoms with Crippen LogP contribution in [-0.4, -0.2) is 52.7 Å².